The maximum absolute atomic E-state index is 13.8. The Morgan fingerprint density at radius 1 is 0.622 bits per heavy atom. The highest BCUT2D eigenvalue weighted by atomic mass is 16.6. The summed E-state index contributed by atoms with van der Waals surface area (Å²) < 4.78 is 11.0. The SMILES string of the molecule is CC(C)C[C@@H](NC(=O)[C@@H](Cc1ccccc1)NC(=O)[C@@H](Cc1ccccc1)NC(=O)OC(C)(C)C)C(=O)OCc1ccccc1. The summed E-state index contributed by atoms with van der Waals surface area (Å²) in [6.07, 6.45) is -0.0628. The molecule has 0 saturated carbocycles. The van der Waals surface area contributed by atoms with Gasteiger partial charge in [-0.25, -0.2) is 9.59 Å². The van der Waals surface area contributed by atoms with Crippen molar-refractivity contribution < 1.29 is 28.7 Å². The van der Waals surface area contributed by atoms with Gasteiger partial charge in [-0.3, -0.25) is 9.59 Å². The fourth-order valence-electron chi connectivity index (χ4n) is 4.63. The lowest BCUT2D eigenvalue weighted by Crippen LogP contribution is -2.57. The number of alkyl carbamates (subject to hydrolysis) is 1. The number of carbonyl (C=O) groups is 4. The Balaban J connectivity index is 1.81. The molecule has 0 aliphatic carbocycles. The molecular weight excluding hydrogens is 570 g/mol. The maximum atomic E-state index is 13.8. The third-order valence-corrected chi connectivity index (χ3v) is 6.74. The van der Waals surface area contributed by atoms with Crippen LogP contribution < -0.4 is 16.0 Å². The topological polar surface area (TPSA) is 123 Å². The first kappa shape index (κ1) is 34.8. The van der Waals surface area contributed by atoms with Crippen LogP contribution in [0, 0.1) is 5.92 Å². The standard InChI is InChI=1S/C36H45N3O6/c1-25(2)21-31(34(42)44-24-28-19-13-8-14-20-28)38-32(40)29(22-26-15-9-6-10-16-26)37-33(41)30(23-27-17-11-7-12-18-27)39-35(43)45-36(3,4)5/h6-20,25,29-31H,21-24H2,1-5H3,(H,37,41)(H,38,40)(H,39,43)/t29-,30-,31-/m1/s1. The van der Waals surface area contributed by atoms with Crippen molar-refractivity contribution in [3.05, 3.63) is 108 Å². The molecule has 3 aromatic carbocycles. The average Bonchev–Trinajstić information content (AvgIpc) is 2.99. The summed E-state index contributed by atoms with van der Waals surface area (Å²) in [6, 6.07) is 24.8. The highest BCUT2D eigenvalue weighted by Crippen LogP contribution is 2.12. The van der Waals surface area contributed by atoms with Crippen molar-refractivity contribution in [1.29, 1.82) is 0 Å². The summed E-state index contributed by atoms with van der Waals surface area (Å²) in [5.74, 6) is -1.58. The Hall–Kier alpha value is -4.66. The molecule has 9 nitrogen and oxygen atoms in total. The van der Waals surface area contributed by atoms with Crippen molar-refractivity contribution in [2.75, 3.05) is 0 Å². The molecule has 3 aromatic rings. The number of nitrogens with one attached hydrogen (secondary N) is 3. The Morgan fingerprint density at radius 3 is 1.49 bits per heavy atom. The van der Waals surface area contributed by atoms with E-state index in [4.69, 9.17) is 9.47 Å². The lowest BCUT2D eigenvalue weighted by molar-refractivity contribution is -0.149. The molecule has 0 bridgehead atoms. The summed E-state index contributed by atoms with van der Waals surface area (Å²) in [5, 5.41) is 8.33. The summed E-state index contributed by atoms with van der Waals surface area (Å²) in [5.41, 5.74) is 1.69. The molecule has 0 radical (unpaired) electrons. The van der Waals surface area contributed by atoms with Crippen LogP contribution in [-0.4, -0.2) is 47.6 Å². The summed E-state index contributed by atoms with van der Waals surface area (Å²) in [6.45, 7) is 9.17. The predicted octanol–water partition coefficient (Wildman–Crippen LogP) is 5.12. The third-order valence-electron chi connectivity index (χ3n) is 6.74. The van der Waals surface area contributed by atoms with Crippen molar-refractivity contribution in [2.45, 2.75) is 84.2 Å². The van der Waals surface area contributed by atoms with Crippen molar-refractivity contribution in [1.82, 2.24) is 16.0 Å². The quantitative estimate of drug-likeness (QED) is 0.216. The molecule has 0 aliphatic heterocycles. The van der Waals surface area contributed by atoms with E-state index < -0.39 is 47.6 Å². The molecule has 0 aliphatic rings. The Morgan fingerprint density at radius 2 is 1.04 bits per heavy atom. The van der Waals surface area contributed by atoms with Gasteiger partial charge in [-0.15, -0.1) is 0 Å². The van der Waals surface area contributed by atoms with Crippen molar-refractivity contribution >= 4 is 23.9 Å². The number of benzene rings is 3. The highest BCUT2D eigenvalue weighted by Gasteiger charge is 2.31. The van der Waals surface area contributed by atoms with E-state index in [-0.39, 0.29) is 25.4 Å². The van der Waals surface area contributed by atoms with Gasteiger partial charge in [0, 0.05) is 12.8 Å². The average molecular weight is 616 g/mol. The minimum Gasteiger partial charge on any atom is -0.459 e. The van der Waals surface area contributed by atoms with E-state index in [2.05, 4.69) is 16.0 Å². The lowest BCUT2D eigenvalue weighted by atomic mass is 10.0. The summed E-state index contributed by atoms with van der Waals surface area (Å²) in [4.78, 5) is 53.4. The van der Waals surface area contributed by atoms with E-state index in [0.717, 1.165) is 16.7 Å². The van der Waals surface area contributed by atoms with Crippen LogP contribution in [-0.2, 0) is 43.3 Å². The van der Waals surface area contributed by atoms with Crippen molar-refractivity contribution in [3.63, 3.8) is 0 Å². The zero-order valence-electron chi connectivity index (χ0n) is 26.7. The highest BCUT2D eigenvalue weighted by molar-refractivity contribution is 5.93. The molecule has 3 atom stereocenters. The van der Waals surface area contributed by atoms with E-state index in [1.807, 2.05) is 105 Å². The van der Waals surface area contributed by atoms with Crippen LogP contribution in [0.1, 0.15) is 57.7 Å². The van der Waals surface area contributed by atoms with Gasteiger partial charge < -0.3 is 25.4 Å². The molecule has 3 amide bonds. The molecule has 240 valence electrons. The Bertz CT molecular complexity index is 1370. The van der Waals surface area contributed by atoms with E-state index in [9.17, 15) is 19.2 Å². The fourth-order valence-corrected chi connectivity index (χ4v) is 4.63. The third kappa shape index (κ3) is 12.8. The molecule has 0 heterocycles. The predicted molar refractivity (Wildman–Crippen MR) is 173 cm³/mol. The molecule has 45 heavy (non-hydrogen) atoms. The van der Waals surface area contributed by atoms with Crippen molar-refractivity contribution in [2.24, 2.45) is 5.92 Å². The second-order valence-corrected chi connectivity index (χ2v) is 12.4. The molecule has 3 rings (SSSR count). The molecule has 9 heteroatoms. The Labute approximate surface area is 266 Å². The fraction of sp³-hybridized carbons (Fsp3) is 0.389. The molecule has 0 spiro atoms. The molecule has 3 N–H and O–H groups in total. The minimum absolute atomic E-state index is 0.0752. The molecule has 0 fully saturated rings. The lowest BCUT2D eigenvalue weighted by Gasteiger charge is -2.27. The second kappa shape index (κ2) is 17.0. The van der Waals surface area contributed by atoms with E-state index in [1.165, 1.54) is 0 Å². The zero-order chi connectivity index (χ0) is 32.8. The van der Waals surface area contributed by atoms with Gasteiger partial charge in [0.05, 0.1) is 0 Å². The van der Waals surface area contributed by atoms with Gasteiger partial charge >= 0.3 is 12.1 Å². The normalized spacial score (nSPS) is 13.2. The van der Waals surface area contributed by atoms with Gasteiger partial charge in [-0.1, -0.05) is 105 Å². The number of rotatable bonds is 14. The molecular formula is C36H45N3O6. The van der Waals surface area contributed by atoms with Gasteiger partial charge in [0.25, 0.3) is 0 Å². The van der Waals surface area contributed by atoms with Gasteiger partial charge in [-0.2, -0.15) is 0 Å². The first-order chi connectivity index (χ1) is 21.4. The van der Waals surface area contributed by atoms with Crippen LogP contribution in [0.2, 0.25) is 0 Å². The monoisotopic (exact) mass is 615 g/mol. The van der Waals surface area contributed by atoms with Crippen LogP contribution in [0.4, 0.5) is 4.79 Å². The largest absolute Gasteiger partial charge is 0.459 e. The second-order valence-electron chi connectivity index (χ2n) is 12.4. The number of carbonyl (C=O) groups excluding carboxylic acids is 4. The maximum Gasteiger partial charge on any atom is 0.408 e. The first-order valence-corrected chi connectivity index (χ1v) is 15.3. The van der Waals surface area contributed by atoms with Crippen LogP contribution in [0.15, 0.2) is 91.0 Å². The van der Waals surface area contributed by atoms with E-state index >= 15 is 0 Å². The Kier molecular flexibility index (Phi) is 13.1. The van der Waals surface area contributed by atoms with Crippen LogP contribution >= 0.6 is 0 Å². The molecule has 0 aromatic heterocycles. The molecule has 0 unspecified atom stereocenters. The summed E-state index contributed by atoms with van der Waals surface area (Å²) in [7, 11) is 0. The van der Waals surface area contributed by atoms with Gasteiger partial charge in [0.2, 0.25) is 11.8 Å². The van der Waals surface area contributed by atoms with E-state index in [0.29, 0.717) is 6.42 Å². The number of ether oxygens (including phenoxy) is 2. The smallest absolute Gasteiger partial charge is 0.408 e. The van der Waals surface area contributed by atoms with Crippen LogP contribution in [0.3, 0.4) is 0 Å². The van der Waals surface area contributed by atoms with Gasteiger partial charge in [-0.05, 0) is 49.8 Å². The van der Waals surface area contributed by atoms with Crippen molar-refractivity contribution in [3.8, 4) is 0 Å². The minimum atomic E-state index is -1.05. The number of amides is 3. The first-order valence-electron chi connectivity index (χ1n) is 15.3. The van der Waals surface area contributed by atoms with Crippen LogP contribution in [0.25, 0.3) is 0 Å². The number of hydrogen-bond acceptors (Lipinski definition) is 6. The number of hydrogen-bond donors (Lipinski definition) is 3. The van der Waals surface area contributed by atoms with Crippen LogP contribution in [0.5, 0.6) is 0 Å². The van der Waals surface area contributed by atoms with E-state index in [1.54, 1.807) is 20.8 Å². The zero-order valence-corrected chi connectivity index (χ0v) is 26.7. The number of esters is 1. The molecule has 0 saturated heterocycles. The summed E-state index contributed by atoms with van der Waals surface area (Å²) >= 11 is 0. The van der Waals surface area contributed by atoms with Gasteiger partial charge in [0.15, 0.2) is 0 Å². The van der Waals surface area contributed by atoms with Gasteiger partial charge in [0.1, 0.15) is 30.3 Å².